The minimum absolute atomic E-state index is 0.00413. The molecule has 0 rings (SSSR count). The molecule has 1 atom stereocenters. The molecule has 7 heteroatoms. The molecular formula is C18H34O6S. The summed E-state index contributed by atoms with van der Waals surface area (Å²) in [5.41, 5.74) is 0. The van der Waals surface area contributed by atoms with Crippen LogP contribution in [0.2, 0.25) is 0 Å². The van der Waals surface area contributed by atoms with Crippen molar-refractivity contribution in [3.05, 3.63) is 12.2 Å². The number of aliphatic hydroxyl groups is 1. The molecule has 0 aliphatic heterocycles. The highest BCUT2D eigenvalue weighted by Crippen LogP contribution is 2.11. The summed E-state index contributed by atoms with van der Waals surface area (Å²) < 4.78 is 32.8. The molecule has 0 saturated heterocycles. The van der Waals surface area contributed by atoms with E-state index < -0.39 is 16.4 Å². The summed E-state index contributed by atoms with van der Waals surface area (Å²) in [5, 5.41) is 9.82. The van der Waals surface area contributed by atoms with Crippen molar-refractivity contribution in [2.45, 2.75) is 96.5 Å². The van der Waals surface area contributed by atoms with Crippen LogP contribution in [-0.2, 0) is 19.4 Å². The second-order valence-electron chi connectivity index (χ2n) is 6.40. The van der Waals surface area contributed by atoms with Gasteiger partial charge in [-0.2, -0.15) is 8.42 Å². The van der Waals surface area contributed by atoms with E-state index in [1.165, 1.54) is 19.3 Å². The molecule has 148 valence electrons. The van der Waals surface area contributed by atoms with Crippen LogP contribution in [0, 0.1) is 0 Å². The lowest BCUT2D eigenvalue weighted by Crippen LogP contribution is -2.11. The molecule has 0 saturated carbocycles. The number of hydrogen-bond acceptors (Lipinski definition) is 5. The molecule has 25 heavy (non-hydrogen) atoms. The molecule has 0 aromatic carbocycles. The van der Waals surface area contributed by atoms with Gasteiger partial charge in [0.25, 0.3) is 0 Å². The van der Waals surface area contributed by atoms with Gasteiger partial charge in [0.2, 0.25) is 0 Å². The second kappa shape index (κ2) is 15.3. The van der Waals surface area contributed by atoms with Crippen LogP contribution in [0.1, 0.15) is 90.4 Å². The van der Waals surface area contributed by atoms with Crippen molar-refractivity contribution >= 4 is 16.4 Å². The summed E-state index contributed by atoms with van der Waals surface area (Å²) in [6, 6.07) is 0. The Balaban J connectivity index is 3.41. The SMILES string of the molecule is CCCCCC[C@@H](O)C/C=C\CCCCCCCC(=O)OS(=O)(=O)O. The summed E-state index contributed by atoms with van der Waals surface area (Å²) in [4.78, 5) is 11.0. The zero-order valence-electron chi connectivity index (χ0n) is 15.4. The molecule has 2 N–H and O–H groups in total. The zero-order chi connectivity index (χ0) is 19.0. The van der Waals surface area contributed by atoms with Gasteiger partial charge in [0.15, 0.2) is 0 Å². The van der Waals surface area contributed by atoms with Gasteiger partial charge in [-0.15, -0.1) is 0 Å². The fourth-order valence-electron chi connectivity index (χ4n) is 2.52. The summed E-state index contributed by atoms with van der Waals surface area (Å²) >= 11 is 0. The molecule has 0 aliphatic rings. The lowest BCUT2D eigenvalue weighted by molar-refractivity contribution is -0.134. The average Bonchev–Trinajstić information content (AvgIpc) is 2.51. The van der Waals surface area contributed by atoms with Crippen molar-refractivity contribution in [2.24, 2.45) is 0 Å². The largest absolute Gasteiger partial charge is 0.448 e. The highest BCUT2D eigenvalue weighted by atomic mass is 32.3. The molecule has 0 spiro atoms. The average molecular weight is 379 g/mol. The molecule has 6 nitrogen and oxygen atoms in total. The summed E-state index contributed by atoms with van der Waals surface area (Å²) in [7, 11) is -4.67. The maximum absolute atomic E-state index is 11.0. The van der Waals surface area contributed by atoms with E-state index in [1.807, 2.05) is 0 Å². The van der Waals surface area contributed by atoms with E-state index in [1.54, 1.807) is 0 Å². The second-order valence-corrected chi connectivity index (χ2v) is 7.42. The van der Waals surface area contributed by atoms with Crippen LogP contribution < -0.4 is 0 Å². The number of carbonyl (C=O) groups excluding carboxylic acids is 1. The van der Waals surface area contributed by atoms with Crippen LogP contribution in [0.15, 0.2) is 12.2 Å². The number of rotatable bonds is 16. The van der Waals surface area contributed by atoms with E-state index in [0.717, 1.165) is 51.4 Å². The molecular weight excluding hydrogens is 344 g/mol. The summed E-state index contributed by atoms with van der Waals surface area (Å²) in [6.07, 6.45) is 15.7. The first-order valence-electron chi connectivity index (χ1n) is 9.38. The van der Waals surface area contributed by atoms with E-state index in [0.29, 0.717) is 6.42 Å². The normalized spacial score (nSPS) is 13.2. The van der Waals surface area contributed by atoms with Gasteiger partial charge in [0, 0.05) is 6.42 Å². The standard InChI is InChI=1S/C18H34O6S/c1-2-3-4-11-14-17(19)15-12-9-7-5-6-8-10-13-16-18(20)24-25(21,22)23/h9,12,17,19H,2-8,10-11,13-16H2,1H3,(H,21,22,23)/b12-9-/t17-/m1/s1. The van der Waals surface area contributed by atoms with Crippen LogP contribution in [0.4, 0.5) is 0 Å². The lowest BCUT2D eigenvalue weighted by Gasteiger charge is -2.07. The van der Waals surface area contributed by atoms with E-state index in [9.17, 15) is 18.3 Å². The molecule has 0 amide bonds. The van der Waals surface area contributed by atoms with Crippen molar-refractivity contribution in [3.8, 4) is 0 Å². The van der Waals surface area contributed by atoms with Gasteiger partial charge >= 0.3 is 16.4 Å². The Labute approximate surface area is 152 Å². The lowest BCUT2D eigenvalue weighted by atomic mass is 10.1. The molecule has 0 fully saturated rings. The summed E-state index contributed by atoms with van der Waals surface area (Å²) in [5.74, 6) is -0.918. The van der Waals surface area contributed by atoms with Gasteiger partial charge in [-0.3, -0.25) is 9.35 Å². The number of allylic oxidation sites excluding steroid dienone is 1. The Hall–Kier alpha value is -0.920. The maximum atomic E-state index is 11.0. The smallest absolute Gasteiger partial charge is 0.393 e. The van der Waals surface area contributed by atoms with Gasteiger partial charge in [-0.05, 0) is 32.1 Å². The predicted octanol–water partition coefficient (Wildman–Crippen LogP) is 4.34. The molecule has 0 heterocycles. The number of carbonyl (C=O) groups is 1. The van der Waals surface area contributed by atoms with Crippen LogP contribution >= 0.6 is 0 Å². The Bertz CT molecular complexity index is 458. The predicted molar refractivity (Wildman–Crippen MR) is 98.5 cm³/mol. The van der Waals surface area contributed by atoms with Crippen LogP contribution in [0.3, 0.4) is 0 Å². The van der Waals surface area contributed by atoms with E-state index in [4.69, 9.17) is 4.55 Å². The van der Waals surface area contributed by atoms with E-state index >= 15 is 0 Å². The topological polar surface area (TPSA) is 101 Å². The fraction of sp³-hybridized carbons (Fsp3) is 0.833. The first-order chi connectivity index (χ1) is 11.8. The Morgan fingerprint density at radius 2 is 1.64 bits per heavy atom. The quantitative estimate of drug-likeness (QED) is 0.235. The van der Waals surface area contributed by atoms with E-state index in [-0.39, 0.29) is 12.5 Å². The van der Waals surface area contributed by atoms with E-state index in [2.05, 4.69) is 23.3 Å². The zero-order valence-corrected chi connectivity index (χ0v) is 16.2. The molecule has 0 aliphatic carbocycles. The number of hydrogen-bond donors (Lipinski definition) is 2. The molecule has 0 aromatic rings. The Kier molecular flexibility index (Phi) is 14.8. The van der Waals surface area contributed by atoms with Gasteiger partial charge in [-0.25, -0.2) is 0 Å². The molecule has 0 bridgehead atoms. The first kappa shape index (κ1) is 24.1. The van der Waals surface area contributed by atoms with Crippen LogP contribution in [-0.4, -0.2) is 30.2 Å². The van der Waals surface area contributed by atoms with Gasteiger partial charge in [0.05, 0.1) is 6.10 Å². The monoisotopic (exact) mass is 378 g/mol. The maximum Gasteiger partial charge on any atom is 0.448 e. The molecule has 0 unspecified atom stereocenters. The number of unbranched alkanes of at least 4 members (excludes halogenated alkanes) is 8. The third-order valence-electron chi connectivity index (χ3n) is 3.92. The minimum Gasteiger partial charge on any atom is -0.393 e. The Morgan fingerprint density at radius 1 is 1.00 bits per heavy atom. The first-order valence-corrected chi connectivity index (χ1v) is 10.7. The molecule has 0 radical (unpaired) electrons. The van der Waals surface area contributed by atoms with Crippen molar-refractivity contribution < 1.29 is 27.1 Å². The fourth-order valence-corrected chi connectivity index (χ4v) is 2.83. The van der Waals surface area contributed by atoms with Crippen molar-refractivity contribution in [3.63, 3.8) is 0 Å². The third kappa shape index (κ3) is 19.3. The van der Waals surface area contributed by atoms with Crippen LogP contribution in [0.25, 0.3) is 0 Å². The third-order valence-corrected chi connectivity index (χ3v) is 4.31. The van der Waals surface area contributed by atoms with Gasteiger partial charge in [-0.1, -0.05) is 64.0 Å². The highest BCUT2D eigenvalue weighted by molar-refractivity contribution is 7.81. The van der Waals surface area contributed by atoms with Crippen molar-refractivity contribution in [2.75, 3.05) is 0 Å². The van der Waals surface area contributed by atoms with Gasteiger partial charge < -0.3 is 9.29 Å². The Morgan fingerprint density at radius 3 is 2.32 bits per heavy atom. The van der Waals surface area contributed by atoms with Gasteiger partial charge in [0.1, 0.15) is 0 Å². The highest BCUT2D eigenvalue weighted by Gasteiger charge is 2.12. The van der Waals surface area contributed by atoms with Crippen molar-refractivity contribution in [1.29, 1.82) is 0 Å². The number of aliphatic hydroxyl groups excluding tert-OH is 1. The van der Waals surface area contributed by atoms with Crippen LogP contribution in [0.5, 0.6) is 0 Å². The van der Waals surface area contributed by atoms with Crippen molar-refractivity contribution in [1.82, 2.24) is 0 Å². The molecule has 0 aromatic heterocycles. The minimum atomic E-state index is -4.67. The summed E-state index contributed by atoms with van der Waals surface area (Å²) in [6.45, 7) is 2.18.